The average Bonchev–Trinajstić information content (AvgIpc) is 2.79. The molecule has 0 saturated carbocycles. The third-order valence-corrected chi connectivity index (χ3v) is 4.49. The van der Waals surface area contributed by atoms with Crippen molar-refractivity contribution in [3.05, 3.63) is 54.5 Å². The number of thiazole rings is 1. The number of aryl methyl sites for hydroxylation is 1. The van der Waals surface area contributed by atoms with Gasteiger partial charge in [-0.25, -0.2) is 0 Å². The predicted octanol–water partition coefficient (Wildman–Crippen LogP) is 2.95. The van der Waals surface area contributed by atoms with Gasteiger partial charge in [-0.2, -0.15) is 0 Å². The number of aromatic nitrogens is 1. The minimum Gasteiger partial charge on any atom is -0.456 e. The smallest absolute Gasteiger partial charge is 0.326 e. The number of nitrogens with zero attached hydrogens (tertiary/aromatic N) is 1. The Morgan fingerprint density at radius 2 is 2.00 bits per heavy atom. The number of carbonyl (C=O) groups is 2. The van der Waals surface area contributed by atoms with Crippen LogP contribution in [0.4, 0.5) is 0 Å². The summed E-state index contributed by atoms with van der Waals surface area (Å²) in [4.78, 5) is 34.8. The third kappa shape index (κ3) is 3.97. The minimum atomic E-state index is -0.656. The summed E-state index contributed by atoms with van der Waals surface area (Å²) in [6.45, 7) is 1.07. The second kappa shape index (κ2) is 7.09. The zero-order chi connectivity index (χ0) is 16.3. The van der Waals surface area contributed by atoms with Crippen LogP contribution in [0.2, 0.25) is 10.0 Å². The molecule has 2 rings (SSSR count). The summed E-state index contributed by atoms with van der Waals surface area (Å²) in [5.41, 5.74) is 0.967. The van der Waals surface area contributed by atoms with E-state index in [0.29, 0.717) is 16.3 Å². The SMILES string of the molecule is Cc1csc(=O)n1CC(=O)OCC(=O)c1ccc(Cl)c(Cl)c1. The van der Waals surface area contributed by atoms with E-state index in [4.69, 9.17) is 27.9 Å². The van der Waals surface area contributed by atoms with Crippen LogP contribution in [-0.2, 0) is 16.1 Å². The van der Waals surface area contributed by atoms with Gasteiger partial charge in [0.25, 0.3) is 0 Å². The van der Waals surface area contributed by atoms with Gasteiger partial charge in [-0.05, 0) is 25.1 Å². The molecule has 22 heavy (non-hydrogen) atoms. The summed E-state index contributed by atoms with van der Waals surface area (Å²) in [5, 5.41) is 2.23. The van der Waals surface area contributed by atoms with Gasteiger partial charge in [0.05, 0.1) is 10.0 Å². The summed E-state index contributed by atoms with van der Waals surface area (Å²) < 4.78 is 6.18. The van der Waals surface area contributed by atoms with Crippen LogP contribution in [0.25, 0.3) is 0 Å². The average molecular weight is 360 g/mol. The van der Waals surface area contributed by atoms with Crippen molar-refractivity contribution < 1.29 is 14.3 Å². The Morgan fingerprint density at radius 3 is 2.59 bits per heavy atom. The molecule has 0 amide bonds. The summed E-state index contributed by atoms with van der Waals surface area (Å²) in [6, 6.07) is 4.40. The first kappa shape index (κ1) is 16.7. The largest absolute Gasteiger partial charge is 0.456 e. The van der Waals surface area contributed by atoms with Gasteiger partial charge in [0.1, 0.15) is 6.54 Å². The molecule has 2 aromatic rings. The highest BCUT2D eigenvalue weighted by atomic mass is 35.5. The second-order valence-corrected chi connectivity index (χ2v) is 6.08. The number of rotatable bonds is 5. The van der Waals surface area contributed by atoms with Crippen molar-refractivity contribution in [1.29, 1.82) is 0 Å². The van der Waals surface area contributed by atoms with E-state index in [2.05, 4.69) is 0 Å². The lowest BCUT2D eigenvalue weighted by molar-refractivity contribution is -0.143. The van der Waals surface area contributed by atoms with E-state index in [1.807, 2.05) is 0 Å². The van der Waals surface area contributed by atoms with Gasteiger partial charge in [-0.1, -0.05) is 34.5 Å². The molecule has 0 N–H and O–H groups in total. The number of carbonyl (C=O) groups excluding carboxylic acids is 2. The van der Waals surface area contributed by atoms with Gasteiger partial charge in [0, 0.05) is 16.6 Å². The topological polar surface area (TPSA) is 65.4 Å². The van der Waals surface area contributed by atoms with E-state index in [0.717, 1.165) is 11.3 Å². The third-order valence-electron chi connectivity index (χ3n) is 2.87. The van der Waals surface area contributed by atoms with Crippen LogP contribution in [0.1, 0.15) is 16.1 Å². The maximum Gasteiger partial charge on any atom is 0.326 e. The zero-order valence-electron chi connectivity index (χ0n) is 11.5. The fourth-order valence-electron chi connectivity index (χ4n) is 1.67. The first-order chi connectivity index (χ1) is 10.4. The van der Waals surface area contributed by atoms with Gasteiger partial charge < -0.3 is 4.74 Å². The van der Waals surface area contributed by atoms with Crippen LogP contribution in [0.15, 0.2) is 28.4 Å². The Balaban J connectivity index is 1.94. The number of benzene rings is 1. The highest BCUT2D eigenvalue weighted by Crippen LogP contribution is 2.22. The molecule has 0 spiro atoms. The van der Waals surface area contributed by atoms with E-state index in [-0.39, 0.29) is 16.4 Å². The number of ether oxygens (including phenoxy) is 1. The molecule has 5 nitrogen and oxygen atoms in total. The first-order valence-corrected chi connectivity index (χ1v) is 7.81. The summed E-state index contributed by atoms with van der Waals surface area (Å²) in [7, 11) is 0. The molecule has 0 saturated heterocycles. The van der Waals surface area contributed by atoms with Crippen molar-refractivity contribution in [2.24, 2.45) is 0 Å². The Kier molecular flexibility index (Phi) is 5.39. The lowest BCUT2D eigenvalue weighted by Crippen LogP contribution is -2.24. The Morgan fingerprint density at radius 1 is 1.27 bits per heavy atom. The highest BCUT2D eigenvalue weighted by Gasteiger charge is 2.13. The van der Waals surface area contributed by atoms with Crippen LogP contribution < -0.4 is 4.87 Å². The number of Topliss-reactive ketones (excluding diaryl/α,β-unsaturated/α-hetero) is 1. The van der Waals surface area contributed by atoms with E-state index >= 15 is 0 Å². The number of hydrogen-bond acceptors (Lipinski definition) is 5. The van der Waals surface area contributed by atoms with Crippen molar-refractivity contribution in [3.8, 4) is 0 Å². The van der Waals surface area contributed by atoms with Crippen molar-refractivity contribution in [3.63, 3.8) is 0 Å². The van der Waals surface area contributed by atoms with Crippen LogP contribution in [0, 0.1) is 6.92 Å². The Labute approximate surface area is 140 Å². The summed E-state index contributed by atoms with van der Waals surface area (Å²) >= 11 is 12.6. The van der Waals surface area contributed by atoms with Crippen LogP contribution in [-0.4, -0.2) is 22.9 Å². The standard InChI is InChI=1S/C14H11Cl2NO4S/c1-8-7-22-14(20)17(8)5-13(19)21-6-12(18)9-2-3-10(15)11(16)4-9/h2-4,7H,5-6H2,1H3. The van der Waals surface area contributed by atoms with E-state index in [1.54, 1.807) is 12.3 Å². The fourth-order valence-corrected chi connectivity index (χ4v) is 2.70. The van der Waals surface area contributed by atoms with E-state index in [1.165, 1.54) is 22.8 Å². The number of esters is 1. The number of halogens is 2. The highest BCUT2D eigenvalue weighted by molar-refractivity contribution is 7.07. The van der Waals surface area contributed by atoms with Crippen molar-refractivity contribution in [1.82, 2.24) is 4.57 Å². The Hall–Kier alpha value is -1.63. The van der Waals surface area contributed by atoms with E-state index in [9.17, 15) is 14.4 Å². The fraction of sp³-hybridized carbons (Fsp3) is 0.214. The van der Waals surface area contributed by atoms with Crippen molar-refractivity contribution in [2.75, 3.05) is 6.61 Å². The molecule has 0 unspecified atom stereocenters. The van der Waals surface area contributed by atoms with Gasteiger partial charge in [0.2, 0.25) is 0 Å². The molecular formula is C14H11Cl2NO4S. The molecule has 1 aromatic carbocycles. The molecule has 0 radical (unpaired) electrons. The van der Waals surface area contributed by atoms with E-state index < -0.39 is 18.4 Å². The van der Waals surface area contributed by atoms with Crippen molar-refractivity contribution >= 4 is 46.3 Å². The molecule has 1 heterocycles. The zero-order valence-corrected chi connectivity index (χ0v) is 13.8. The lowest BCUT2D eigenvalue weighted by atomic mass is 10.1. The van der Waals surface area contributed by atoms with Gasteiger partial charge in [-0.15, -0.1) is 0 Å². The lowest BCUT2D eigenvalue weighted by Gasteiger charge is -2.06. The van der Waals surface area contributed by atoms with Crippen LogP contribution >= 0.6 is 34.5 Å². The van der Waals surface area contributed by atoms with Crippen LogP contribution in [0.3, 0.4) is 0 Å². The molecule has 0 aliphatic carbocycles. The number of hydrogen-bond donors (Lipinski definition) is 0. The number of ketones is 1. The minimum absolute atomic E-state index is 0.219. The molecule has 0 aliphatic rings. The quantitative estimate of drug-likeness (QED) is 0.608. The molecule has 0 aliphatic heterocycles. The summed E-state index contributed by atoms with van der Waals surface area (Å²) in [6.07, 6.45) is 0. The maximum absolute atomic E-state index is 11.9. The Bertz CT molecular complexity index is 781. The van der Waals surface area contributed by atoms with Crippen molar-refractivity contribution in [2.45, 2.75) is 13.5 Å². The van der Waals surface area contributed by atoms with Gasteiger partial charge in [-0.3, -0.25) is 19.0 Å². The molecule has 116 valence electrons. The molecule has 0 fully saturated rings. The molecule has 1 aromatic heterocycles. The first-order valence-electron chi connectivity index (χ1n) is 6.17. The van der Waals surface area contributed by atoms with Crippen LogP contribution in [0.5, 0.6) is 0 Å². The molecule has 8 heteroatoms. The monoisotopic (exact) mass is 359 g/mol. The maximum atomic E-state index is 11.9. The summed E-state index contributed by atoms with van der Waals surface area (Å²) in [5.74, 6) is -1.06. The molecule has 0 atom stereocenters. The normalized spacial score (nSPS) is 10.5. The molecular weight excluding hydrogens is 349 g/mol. The molecule has 0 bridgehead atoms. The second-order valence-electron chi connectivity index (χ2n) is 4.44. The van der Waals surface area contributed by atoms with Gasteiger partial charge >= 0.3 is 10.8 Å². The predicted molar refractivity (Wildman–Crippen MR) is 85.1 cm³/mol. The van der Waals surface area contributed by atoms with Gasteiger partial charge in [0.15, 0.2) is 12.4 Å².